The molecule has 7 rings (SSSR count). The van der Waals surface area contributed by atoms with Crippen LogP contribution in [0, 0.1) is 24.0 Å². The van der Waals surface area contributed by atoms with Crippen molar-refractivity contribution in [2.75, 3.05) is 0 Å². The van der Waals surface area contributed by atoms with E-state index in [-0.39, 0.29) is 20.1 Å². The summed E-state index contributed by atoms with van der Waals surface area (Å²) in [6, 6.07) is 32.2. The average molecular weight is 866 g/mol. The van der Waals surface area contributed by atoms with Crippen LogP contribution in [-0.4, -0.2) is 32.8 Å². The van der Waals surface area contributed by atoms with Crippen LogP contribution >= 0.6 is 11.3 Å². The second kappa shape index (κ2) is 14.3. The van der Waals surface area contributed by atoms with E-state index in [1.54, 1.807) is 10.5 Å². The molecule has 0 aliphatic heterocycles. The van der Waals surface area contributed by atoms with E-state index in [0.29, 0.717) is 10.7 Å². The van der Waals surface area contributed by atoms with Crippen LogP contribution in [0.25, 0.3) is 54.0 Å². The number of benzene rings is 3. The number of imidazole rings is 1. The zero-order valence-electron chi connectivity index (χ0n) is 27.0. The van der Waals surface area contributed by atoms with Crippen molar-refractivity contribution in [1.29, 1.82) is 0 Å². The molecule has 0 fully saturated rings. The third-order valence-electron chi connectivity index (χ3n) is 7.87. The number of halogens is 1. The molecule has 0 N–H and O–H groups in total. The van der Waals surface area contributed by atoms with E-state index in [0.717, 1.165) is 62.1 Å². The van der Waals surface area contributed by atoms with E-state index < -0.39 is 19.2 Å². The van der Waals surface area contributed by atoms with Crippen molar-refractivity contribution in [3.8, 4) is 22.6 Å². The second-order valence-corrected chi connectivity index (χ2v) is 24.3. The number of para-hydroxylation sites is 2. The molecule has 4 nitrogen and oxygen atoms in total. The monoisotopic (exact) mass is 867 g/mol. The first kappa shape index (κ1) is 34.1. The van der Waals surface area contributed by atoms with Crippen LogP contribution in [0.2, 0.25) is 17.3 Å². The predicted molar refractivity (Wildman–Crippen MR) is 190 cm³/mol. The molecule has 0 bridgehead atoms. The minimum atomic E-state index is -1.86. The van der Waals surface area contributed by atoms with Gasteiger partial charge < -0.3 is 4.57 Å². The van der Waals surface area contributed by atoms with Gasteiger partial charge in [-0.3, -0.25) is 4.98 Å². The molecule has 237 valence electrons. The first-order valence-corrected chi connectivity index (χ1v) is 23.6. The van der Waals surface area contributed by atoms with Gasteiger partial charge in [-0.25, -0.2) is 4.98 Å². The molecule has 46 heavy (non-hydrogen) atoms. The number of thiophene rings is 1. The minimum absolute atomic E-state index is 0. The maximum Gasteiger partial charge on any atom is 0.214 e. The smallest absolute Gasteiger partial charge is 0.214 e. The summed E-state index contributed by atoms with van der Waals surface area (Å²) in [5, 5.41) is 2.03. The van der Waals surface area contributed by atoms with E-state index in [2.05, 4.69) is 84.1 Å². The van der Waals surface area contributed by atoms with Crippen molar-refractivity contribution in [3.05, 3.63) is 109 Å². The molecule has 3 aromatic carbocycles. The zero-order valence-corrected chi connectivity index (χ0v) is 32.3. The van der Waals surface area contributed by atoms with Gasteiger partial charge in [0.05, 0.1) is 16.9 Å². The molecular formula is C38H37FGeIrN4S-2. The summed E-state index contributed by atoms with van der Waals surface area (Å²) in [5.41, 5.74) is 6.65. The summed E-state index contributed by atoms with van der Waals surface area (Å²) < 4.78 is 18.3. The Bertz CT molecular complexity index is 2120. The normalized spacial score (nSPS) is 11.6. The minimum Gasteiger partial charge on any atom is -0.364 e. The Hall–Kier alpha value is -3.23. The van der Waals surface area contributed by atoms with E-state index in [1.165, 1.54) is 23.0 Å². The van der Waals surface area contributed by atoms with E-state index in [1.807, 2.05) is 48.5 Å². The molecule has 0 unspecified atom stereocenters. The van der Waals surface area contributed by atoms with Crippen LogP contribution in [0.5, 0.6) is 0 Å². The zero-order chi connectivity index (χ0) is 31.7. The first-order chi connectivity index (χ1) is 21.6. The fraction of sp³-hybridized carbons (Fsp3) is 0.237. The first-order valence-electron chi connectivity index (χ1n) is 15.5. The Morgan fingerprint density at radius 1 is 0.913 bits per heavy atom. The van der Waals surface area contributed by atoms with Gasteiger partial charge in [0.1, 0.15) is 4.83 Å². The Balaban J connectivity index is 0.000000182. The number of hydrogen-bond donors (Lipinski definition) is 0. The number of rotatable bonds is 6. The number of aryl methyl sites for hydroxylation is 1. The fourth-order valence-corrected chi connectivity index (χ4v) is 10.3. The molecule has 0 atom stereocenters. The topological polar surface area (TPSA) is 43.6 Å². The molecule has 0 spiro atoms. The van der Waals surface area contributed by atoms with Gasteiger partial charge in [0.25, 0.3) is 0 Å². The van der Waals surface area contributed by atoms with Gasteiger partial charge in [-0.15, -0.1) is 18.2 Å². The summed E-state index contributed by atoms with van der Waals surface area (Å²) in [5.74, 6) is 8.43. The van der Waals surface area contributed by atoms with E-state index >= 15 is 0 Å². The number of fused-ring (bicyclic) bond motifs is 4. The Kier molecular flexibility index (Phi) is 10.6. The standard InChI is InChI=1S/C20H13FN3S.C18H24GeN.Ir/c1-2-24-16-9-4-3-8-15(16)22-19(24)14-7-5-6-12-13-10-11-17(21)23-20(13)25-18(12)14;1-14(2)11-16-12-18(15-9-7-6-8-10-15)20-13-17(16)19(3,4)5;/h3-6,8-11H,2H2,1H3;6-9,12-14H,11H2,1-5H3;/q2*-1;. The second-order valence-electron chi connectivity index (χ2n) is 12.7. The average Bonchev–Trinajstić information content (AvgIpc) is 3.58. The molecule has 4 aromatic heterocycles. The maximum atomic E-state index is 13.5. The third-order valence-corrected chi connectivity index (χ3v) is 13.3. The fourth-order valence-electron chi connectivity index (χ4n) is 5.83. The molecule has 0 aliphatic rings. The Morgan fingerprint density at radius 3 is 2.41 bits per heavy atom. The largest absolute Gasteiger partial charge is 0.364 e. The number of hydrogen-bond acceptors (Lipinski definition) is 4. The quantitative estimate of drug-likeness (QED) is 0.0951. The van der Waals surface area contributed by atoms with Crippen molar-refractivity contribution >= 4 is 60.3 Å². The van der Waals surface area contributed by atoms with E-state index in [4.69, 9.17) is 9.97 Å². The van der Waals surface area contributed by atoms with Crippen LogP contribution in [0.1, 0.15) is 26.3 Å². The van der Waals surface area contributed by atoms with Gasteiger partial charge in [0.15, 0.2) is 0 Å². The van der Waals surface area contributed by atoms with Crippen molar-refractivity contribution in [2.24, 2.45) is 5.92 Å². The van der Waals surface area contributed by atoms with Gasteiger partial charge in [-0.05, 0) is 35.9 Å². The van der Waals surface area contributed by atoms with Gasteiger partial charge in [-0.2, -0.15) is 15.7 Å². The molecule has 1 radical (unpaired) electrons. The number of nitrogens with zero attached hydrogens (tertiary/aromatic N) is 4. The molecule has 7 aromatic rings. The van der Waals surface area contributed by atoms with Crippen molar-refractivity contribution in [1.82, 2.24) is 19.5 Å². The molecule has 0 saturated heterocycles. The maximum absolute atomic E-state index is 13.5. The van der Waals surface area contributed by atoms with Gasteiger partial charge in [-0.1, -0.05) is 23.1 Å². The Labute approximate surface area is 290 Å². The Morgan fingerprint density at radius 2 is 1.70 bits per heavy atom. The van der Waals surface area contributed by atoms with Crippen LogP contribution < -0.4 is 4.40 Å². The van der Waals surface area contributed by atoms with Gasteiger partial charge in [0, 0.05) is 32.0 Å². The van der Waals surface area contributed by atoms with Crippen LogP contribution in [0.4, 0.5) is 4.39 Å². The molecule has 0 amide bonds. The summed E-state index contributed by atoms with van der Waals surface area (Å²) in [6.07, 6.45) is 3.27. The molecule has 8 heteroatoms. The molecule has 0 saturated carbocycles. The molecule has 0 aliphatic carbocycles. The van der Waals surface area contributed by atoms with Crippen molar-refractivity contribution in [3.63, 3.8) is 0 Å². The number of aromatic nitrogens is 4. The van der Waals surface area contributed by atoms with Gasteiger partial charge in [0.2, 0.25) is 5.95 Å². The molecule has 4 heterocycles. The van der Waals surface area contributed by atoms with E-state index in [9.17, 15) is 4.39 Å². The summed E-state index contributed by atoms with van der Waals surface area (Å²) in [4.78, 5) is 14.3. The summed E-state index contributed by atoms with van der Waals surface area (Å²) in [7, 11) is 0. The number of pyridine rings is 2. The summed E-state index contributed by atoms with van der Waals surface area (Å²) >= 11 is -0.367. The predicted octanol–water partition coefficient (Wildman–Crippen LogP) is 9.72. The van der Waals surface area contributed by atoms with Crippen LogP contribution in [-0.2, 0) is 33.1 Å². The molecular weight excluding hydrogens is 828 g/mol. The third kappa shape index (κ3) is 7.03. The summed E-state index contributed by atoms with van der Waals surface area (Å²) in [6.45, 7) is 7.50. The van der Waals surface area contributed by atoms with Crippen molar-refractivity contribution in [2.45, 2.75) is 51.0 Å². The van der Waals surface area contributed by atoms with Crippen molar-refractivity contribution < 1.29 is 24.5 Å². The van der Waals surface area contributed by atoms with Crippen LogP contribution in [0.3, 0.4) is 0 Å². The van der Waals surface area contributed by atoms with Gasteiger partial charge >= 0.3 is 126 Å². The SMILES string of the molecule is CC(C)Cc1cc(-c2[c-]cccc2)nc[c]1[Ge]([CH3])([CH3])[CH3].CCn1c(-c2[c-]ccc3c2sc2nc(F)ccc23)nc2ccccc21.[Ir]. The van der Waals surface area contributed by atoms with Crippen LogP contribution in [0.15, 0.2) is 85.1 Å².